The summed E-state index contributed by atoms with van der Waals surface area (Å²) in [5, 5.41) is 1.31. The molecule has 0 saturated heterocycles. The first-order valence-corrected chi connectivity index (χ1v) is 11.8. The van der Waals surface area contributed by atoms with Crippen LogP contribution in [0.15, 0.2) is 121 Å². The second-order valence-electron chi connectivity index (χ2n) is 7.89. The molecule has 0 radical (unpaired) electrons. The molecular formula is C29H26N2S. The van der Waals surface area contributed by atoms with Crippen molar-refractivity contribution in [2.45, 2.75) is 11.2 Å². The Morgan fingerprint density at radius 2 is 1.12 bits per heavy atom. The molecule has 0 fully saturated rings. The summed E-state index contributed by atoms with van der Waals surface area (Å²) in [5.74, 6) is 0. The van der Waals surface area contributed by atoms with E-state index in [4.69, 9.17) is 0 Å². The van der Waals surface area contributed by atoms with Crippen molar-refractivity contribution in [1.82, 2.24) is 9.71 Å². The highest BCUT2D eigenvalue weighted by molar-refractivity contribution is 7.98. The van der Waals surface area contributed by atoms with Crippen LogP contribution >= 0.6 is 11.9 Å². The zero-order valence-corrected chi connectivity index (χ0v) is 18.7. The number of hydrogen-bond acceptors (Lipinski definition) is 2. The first-order chi connectivity index (χ1) is 15.9. The number of para-hydroxylation sites is 1. The number of fused-ring (bicyclic) bond motifs is 1. The van der Waals surface area contributed by atoms with E-state index in [0.29, 0.717) is 0 Å². The van der Waals surface area contributed by atoms with Gasteiger partial charge in [-0.25, -0.2) is 0 Å². The summed E-state index contributed by atoms with van der Waals surface area (Å²) in [6, 6.07) is 40.9. The Morgan fingerprint density at radius 3 is 1.69 bits per heavy atom. The highest BCUT2D eigenvalue weighted by Crippen LogP contribution is 2.47. The maximum atomic E-state index is 3.73. The maximum Gasteiger partial charge on any atom is 0.105 e. The minimum absolute atomic E-state index is 0.343. The lowest BCUT2D eigenvalue weighted by atomic mass is 9.84. The quantitative estimate of drug-likeness (QED) is 0.157. The normalized spacial score (nSPS) is 11.6. The van der Waals surface area contributed by atoms with Crippen LogP contribution in [0.2, 0.25) is 0 Å². The van der Waals surface area contributed by atoms with Crippen molar-refractivity contribution in [1.29, 1.82) is 0 Å². The topological polar surface area (TPSA) is 27.8 Å². The van der Waals surface area contributed by atoms with Gasteiger partial charge in [-0.05, 0) is 34.7 Å². The summed E-state index contributed by atoms with van der Waals surface area (Å²) in [6.07, 6.45) is 3.10. The third-order valence-corrected chi connectivity index (χ3v) is 7.30. The lowest BCUT2D eigenvalue weighted by Gasteiger charge is -2.35. The van der Waals surface area contributed by atoms with E-state index < -0.39 is 0 Å². The Hall–Kier alpha value is -3.27. The molecule has 1 heterocycles. The van der Waals surface area contributed by atoms with Gasteiger partial charge in [0.05, 0.1) is 0 Å². The molecule has 5 rings (SSSR count). The van der Waals surface area contributed by atoms with Crippen LogP contribution in [-0.4, -0.2) is 11.5 Å². The molecule has 0 atom stereocenters. The average molecular weight is 435 g/mol. The monoisotopic (exact) mass is 434 g/mol. The molecule has 1 aromatic heterocycles. The smallest absolute Gasteiger partial charge is 0.105 e. The fourth-order valence-corrected chi connectivity index (χ4v) is 5.56. The number of aromatic amines is 1. The predicted octanol–water partition coefficient (Wildman–Crippen LogP) is 6.94. The second kappa shape index (κ2) is 9.47. The van der Waals surface area contributed by atoms with Crippen LogP contribution < -0.4 is 4.72 Å². The average Bonchev–Trinajstić information content (AvgIpc) is 3.29. The molecule has 0 aliphatic carbocycles. The summed E-state index contributed by atoms with van der Waals surface area (Å²) in [6.45, 7) is 0.876. The molecule has 2 N–H and O–H groups in total. The lowest BCUT2D eigenvalue weighted by molar-refractivity contribution is 0.853. The molecule has 0 aliphatic rings. The first kappa shape index (κ1) is 20.6. The molecule has 0 unspecified atom stereocenters. The highest BCUT2D eigenvalue weighted by Gasteiger charge is 2.37. The van der Waals surface area contributed by atoms with E-state index in [-0.39, 0.29) is 4.75 Å². The van der Waals surface area contributed by atoms with Gasteiger partial charge >= 0.3 is 0 Å². The zero-order chi connectivity index (χ0) is 21.6. The van der Waals surface area contributed by atoms with Gasteiger partial charge in [-0.1, -0.05) is 121 Å². The standard InChI is InChI=1S/C29H26N2S/c1-4-12-24(13-5-1)29(25-14-6-2-7-15-25,26-16-8-3-9-17-26)32-31-21-20-23-22-30-28-19-11-10-18-27(23)28/h1-19,22,30-31H,20-21H2. The van der Waals surface area contributed by atoms with E-state index in [9.17, 15) is 0 Å². The van der Waals surface area contributed by atoms with Crippen LogP contribution in [0.4, 0.5) is 0 Å². The lowest BCUT2D eigenvalue weighted by Crippen LogP contribution is -2.30. The van der Waals surface area contributed by atoms with Crippen molar-refractivity contribution < 1.29 is 0 Å². The molecule has 0 bridgehead atoms. The van der Waals surface area contributed by atoms with E-state index in [1.807, 2.05) is 0 Å². The summed E-state index contributed by atoms with van der Waals surface area (Å²) in [5.41, 5.74) is 6.34. The molecule has 5 aromatic rings. The maximum absolute atomic E-state index is 3.73. The summed E-state index contributed by atoms with van der Waals surface area (Å²) >= 11 is 1.80. The summed E-state index contributed by atoms with van der Waals surface area (Å²) in [4.78, 5) is 3.39. The molecule has 158 valence electrons. The van der Waals surface area contributed by atoms with Crippen LogP contribution in [-0.2, 0) is 11.2 Å². The number of rotatable bonds is 8. The number of aromatic nitrogens is 1. The number of hydrogen-bond donors (Lipinski definition) is 2. The van der Waals surface area contributed by atoms with E-state index in [0.717, 1.165) is 13.0 Å². The summed E-state index contributed by atoms with van der Waals surface area (Å²) in [7, 11) is 0. The molecule has 0 aliphatic heterocycles. The van der Waals surface area contributed by atoms with E-state index in [2.05, 4.69) is 131 Å². The minimum atomic E-state index is -0.343. The predicted molar refractivity (Wildman–Crippen MR) is 137 cm³/mol. The van der Waals surface area contributed by atoms with Gasteiger partial charge in [-0.15, -0.1) is 0 Å². The van der Waals surface area contributed by atoms with Crippen LogP contribution in [0.3, 0.4) is 0 Å². The Balaban J connectivity index is 1.47. The number of H-pyrrole nitrogens is 1. The van der Waals surface area contributed by atoms with Gasteiger partial charge in [0.25, 0.3) is 0 Å². The third kappa shape index (κ3) is 3.97. The number of benzene rings is 4. The fourth-order valence-electron chi connectivity index (χ4n) is 4.38. The Bertz CT molecular complexity index is 1170. The van der Waals surface area contributed by atoms with Crippen LogP contribution in [0, 0.1) is 0 Å². The molecule has 0 amide bonds. The molecule has 0 spiro atoms. The van der Waals surface area contributed by atoms with Crippen molar-refractivity contribution in [2.24, 2.45) is 0 Å². The second-order valence-corrected chi connectivity index (χ2v) is 8.99. The molecule has 4 aromatic carbocycles. The van der Waals surface area contributed by atoms with E-state index in [1.165, 1.54) is 33.2 Å². The van der Waals surface area contributed by atoms with Crippen molar-refractivity contribution in [3.05, 3.63) is 144 Å². The largest absolute Gasteiger partial charge is 0.361 e. The highest BCUT2D eigenvalue weighted by atomic mass is 32.2. The molecular weight excluding hydrogens is 408 g/mol. The Morgan fingerprint density at radius 1 is 0.625 bits per heavy atom. The molecule has 2 nitrogen and oxygen atoms in total. The summed E-state index contributed by atoms with van der Waals surface area (Å²) < 4.78 is 3.38. The van der Waals surface area contributed by atoms with Crippen molar-refractivity contribution >= 4 is 22.9 Å². The van der Waals surface area contributed by atoms with Crippen LogP contribution in [0.5, 0.6) is 0 Å². The van der Waals surface area contributed by atoms with Gasteiger partial charge in [-0.3, -0.25) is 4.72 Å². The van der Waals surface area contributed by atoms with Gasteiger partial charge in [-0.2, -0.15) is 0 Å². The zero-order valence-electron chi connectivity index (χ0n) is 17.9. The van der Waals surface area contributed by atoms with Gasteiger partial charge in [0.15, 0.2) is 0 Å². The fraction of sp³-hybridized carbons (Fsp3) is 0.103. The molecule has 3 heteroatoms. The van der Waals surface area contributed by atoms with E-state index in [1.54, 1.807) is 11.9 Å². The minimum Gasteiger partial charge on any atom is -0.361 e. The third-order valence-electron chi connectivity index (χ3n) is 5.94. The number of nitrogens with one attached hydrogen (secondary N) is 2. The van der Waals surface area contributed by atoms with Gasteiger partial charge in [0, 0.05) is 23.6 Å². The van der Waals surface area contributed by atoms with Gasteiger partial charge < -0.3 is 4.98 Å². The van der Waals surface area contributed by atoms with Crippen LogP contribution in [0.25, 0.3) is 10.9 Å². The van der Waals surface area contributed by atoms with Crippen molar-refractivity contribution in [3.8, 4) is 0 Å². The molecule has 0 saturated carbocycles. The first-order valence-electron chi connectivity index (χ1n) is 11.0. The van der Waals surface area contributed by atoms with Crippen molar-refractivity contribution in [2.75, 3.05) is 6.54 Å². The van der Waals surface area contributed by atoms with Gasteiger partial charge in [0.1, 0.15) is 4.75 Å². The Kier molecular flexibility index (Phi) is 6.11. The Labute approximate surface area is 193 Å². The van der Waals surface area contributed by atoms with Crippen molar-refractivity contribution in [3.63, 3.8) is 0 Å². The SMILES string of the molecule is c1ccc(C(SNCCc2c[nH]c3ccccc23)(c2ccccc2)c2ccccc2)cc1. The van der Waals surface area contributed by atoms with Crippen LogP contribution in [0.1, 0.15) is 22.3 Å². The van der Waals surface area contributed by atoms with E-state index >= 15 is 0 Å². The van der Waals surface area contributed by atoms with Gasteiger partial charge in [0.2, 0.25) is 0 Å². The molecule has 32 heavy (non-hydrogen) atoms.